The first kappa shape index (κ1) is 21.6. The normalized spacial score (nSPS) is 13.1. The molecule has 158 valence electrons. The molecular formula is C24H27NO5. The molecule has 2 aromatic rings. The summed E-state index contributed by atoms with van der Waals surface area (Å²) in [5.41, 5.74) is 4.38. The number of esters is 2. The van der Waals surface area contributed by atoms with Crippen molar-refractivity contribution in [2.24, 2.45) is 0 Å². The van der Waals surface area contributed by atoms with Gasteiger partial charge in [0, 0.05) is 12.0 Å². The largest absolute Gasteiger partial charge is 0.469 e. The first-order valence-corrected chi connectivity index (χ1v) is 9.99. The highest BCUT2D eigenvalue weighted by Crippen LogP contribution is 2.36. The van der Waals surface area contributed by atoms with Crippen molar-refractivity contribution in [1.29, 1.82) is 0 Å². The van der Waals surface area contributed by atoms with Gasteiger partial charge in [-0.05, 0) is 68.0 Å². The number of amides is 1. The van der Waals surface area contributed by atoms with Gasteiger partial charge in [0.25, 0.3) is 5.91 Å². The predicted octanol–water partition coefficient (Wildman–Crippen LogP) is 3.65. The average Bonchev–Trinajstić information content (AvgIpc) is 3.07. The van der Waals surface area contributed by atoms with E-state index >= 15 is 0 Å². The molecule has 0 aliphatic heterocycles. The highest BCUT2D eigenvalue weighted by Gasteiger charge is 2.28. The van der Waals surface area contributed by atoms with E-state index in [0.717, 1.165) is 17.5 Å². The molecule has 1 atom stereocenters. The molecule has 3 rings (SSSR count). The Morgan fingerprint density at radius 1 is 1.03 bits per heavy atom. The molecule has 0 radical (unpaired) electrons. The minimum atomic E-state index is -0.943. The van der Waals surface area contributed by atoms with Gasteiger partial charge in [0.15, 0.2) is 0 Å². The summed E-state index contributed by atoms with van der Waals surface area (Å²) in [5.74, 6) is -1.41. The highest BCUT2D eigenvalue weighted by atomic mass is 16.6. The van der Waals surface area contributed by atoms with Gasteiger partial charge in [0.1, 0.15) is 11.6 Å². The molecule has 1 aliphatic rings. The molecule has 0 heterocycles. The summed E-state index contributed by atoms with van der Waals surface area (Å²) < 4.78 is 10.1. The monoisotopic (exact) mass is 409 g/mol. The highest BCUT2D eigenvalue weighted by molar-refractivity contribution is 5.98. The summed E-state index contributed by atoms with van der Waals surface area (Å²) in [6.45, 7) is 5.26. The van der Waals surface area contributed by atoms with Crippen molar-refractivity contribution in [1.82, 2.24) is 5.32 Å². The third-order valence-electron chi connectivity index (χ3n) is 4.92. The molecule has 0 aromatic heterocycles. The molecule has 0 fully saturated rings. The summed E-state index contributed by atoms with van der Waals surface area (Å²) >= 11 is 0. The van der Waals surface area contributed by atoms with Crippen LogP contribution in [0.5, 0.6) is 0 Å². The lowest BCUT2D eigenvalue weighted by Crippen LogP contribution is -2.44. The fourth-order valence-electron chi connectivity index (χ4n) is 3.51. The molecule has 0 saturated heterocycles. The second-order valence-corrected chi connectivity index (χ2v) is 8.38. The molecule has 30 heavy (non-hydrogen) atoms. The second-order valence-electron chi connectivity index (χ2n) is 8.38. The number of fused-ring (bicyclic) bond motifs is 3. The third kappa shape index (κ3) is 5.06. The Morgan fingerprint density at radius 3 is 2.43 bits per heavy atom. The summed E-state index contributed by atoms with van der Waals surface area (Å²) in [6.07, 6.45) is 0.869. The Hall–Kier alpha value is -3.15. The Balaban J connectivity index is 1.76. The van der Waals surface area contributed by atoms with E-state index in [0.29, 0.717) is 5.56 Å². The van der Waals surface area contributed by atoms with Crippen LogP contribution in [0.2, 0.25) is 0 Å². The molecule has 1 aliphatic carbocycles. The smallest absolute Gasteiger partial charge is 0.329 e. The fraction of sp³-hybridized carbons (Fsp3) is 0.375. The molecule has 1 amide bonds. The molecule has 0 unspecified atom stereocenters. The van der Waals surface area contributed by atoms with E-state index in [-0.39, 0.29) is 18.7 Å². The number of ether oxygens (including phenoxy) is 2. The quantitative estimate of drug-likeness (QED) is 0.629. The van der Waals surface area contributed by atoms with E-state index in [2.05, 4.69) is 22.2 Å². The first-order chi connectivity index (χ1) is 14.2. The van der Waals surface area contributed by atoms with Gasteiger partial charge in [-0.1, -0.05) is 30.3 Å². The maximum Gasteiger partial charge on any atom is 0.329 e. The van der Waals surface area contributed by atoms with Crippen LogP contribution in [0.1, 0.15) is 55.1 Å². The van der Waals surface area contributed by atoms with Crippen molar-refractivity contribution in [3.05, 3.63) is 59.2 Å². The third-order valence-corrected chi connectivity index (χ3v) is 4.92. The topological polar surface area (TPSA) is 81.7 Å². The molecule has 1 N–H and O–H groups in total. The van der Waals surface area contributed by atoms with E-state index in [1.54, 1.807) is 26.8 Å². The van der Waals surface area contributed by atoms with Crippen LogP contribution in [0.25, 0.3) is 11.1 Å². The SMILES string of the molecule is COC(=O)CC[C@H](NC(=O)c1ccc2c(c1)Cc1ccccc1-2)C(=O)OC(C)(C)C. The molecule has 0 saturated carbocycles. The molecule has 6 heteroatoms. The van der Waals surface area contributed by atoms with E-state index in [1.165, 1.54) is 18.2 Å². The maximum absolute atomic E-state index is 12.9. The van der Waals surface area contributed by atoms with Crippen molar-refractivity contribution in [3.8, 4) is 11.1 Å². The number of carbonyl (C=O) groups excluding carboxylic acids is 3. The second kappa shape index (κ2) is 8.69. The lowest BCUT2D eigenvalue weighted by molar-refractivity contribution is -0.157. The van der Waals surface area contributed by atoms with Crippen LogP contribution in [0, 0.1) is 0 Å². The van der Waals surface area contributed by atoms with Crippen LogP contribution in [0.15, 0.2) is 42.5 Å². The molecule has 0 spiro atoms. The summed E-state index contributed by atoms with van der Waals surface area (Å²) in [5, 5.41) is 2.73. The van der Waals surface area contributed by atoms with Gasteiger partial charge < -0.3 is 14.8 Å². The van der Waals surface area contributed by atoms with Crippen LogP contribution in [-0.4, -0.2) is 36.6 Å². The Bertz CT molecular complexity index is 974. The van der Waals surface area contributed by atoms with Gasteiger partial charge in [-0.15, -0.1) is 0 Å². The minimum absolute atomic E-state index is 0.000185. The number of benzene rings is 2. The zero-order chi connectivity index (χ0) is 21.9. The number of carbonyl (C=O) groups is 3. The van der Waals surface area contributed by atoms with Crippen molar-refractivity contribution >= 4 is 17.8 Å². The summed E-state index contributed by atoms with van der Waals surface area (Å²) in [4.78, 5) is 37.0. The van der Waals surface area contributed by atoms with Gasteiger partial charge in [0.2, 0.25) is 0 Å². The Kier molecular flexibility index (Phi) is 6.25. The molecule has 6 nitrogen and oxygen atoms in total. The Labute approximate surface area is 176 Å². The standard InChI is InChI=1S/C24H27NO5/c1-24(2,3)30-23(28)20(11-12-21(26)29-4)25-22(27)16-9-10-19-17(14-16)13-15-7-5-6-8-18(15)19/h5-10,14,20H,11-13H2,1-4H3,(H,25,27)/t20-/m0/s1. The summed E-state index contributed by atoms with van der Waals surface area (Å²) in [7, 11) is 1.28. The molecular weight excluding hydrogens is 382 g/mol. The first-order valence-electron chi connectivity index (χ1n) is 9.99. The van der Waals surface area contributed by atoms with Crippen molar-refractivity contribution in [3.63, 3.8) is 0 Å². The predicted molar refractivity (Wildman–Crippen MR) is 113 cm³/mol. The zero-order valence-electron chi connectivity index (χ0n) is 17.8. The maximum atomic E-state index is 12.9. The van der Waals surface area contributed by atoms with Gasteiger partial charge >= 0.3 is 11.9 Å². The van der Waals surface area contributed by atoms with Crippen LogP contribution < -0.4 is 5.32 Å². The average molecular weight is 409 g/mol. The van der Waals surface area contributed by atoms with Crippen molar-refractivity contribution in [2.75, 3.05) is 7.11 Å². The van der Waals surface area contributed by atoms with Crippen LogP contribution >= 0.6 is 0 Å². The van der Waals surface area contributed by atoms with Crippen LogP contribution in [-0.2, 0) is 25.5 Å². The van der Waals surface area contributed by atoms with E-state index in [9.17, 15) is 14.4 Å². The lowest BCUT2D eigenvalue weighted by atomic mass is 10.0. The van der Waals surface area contributed by atoms with Crippen molar-refractivity contribution < 1.29 is 23.9 Å². The lowest BCUT2D eigenvalue weighted by Gasteiger charge is -2.24. The number of hydrogen-bond acceptors (Lipinski definition) is 5. The van der Waals surface area contributed by atoms with E-state index in [4.69, 9.17) is 4.74 Å². The van der Waals surface area contributed by atoms with Crippen molar-refractivity contribution in [2.45, 2.75) is 51.7 Å². The number of rotatable bonds is 6. The van der Waals surface area contributed by atoms with Gasteiger partial charge in [0.05, 0.1) is 7.11 Å². The zero-order valence-corrected chi connectivity index (χ0v) is 17.8. The number of methoxy groups -OCH3 is 1. The molecule has 2 aromatic carbocycles. The van der Waals surface area contributed by atoms with Gasteiger partial charge in [-0.3, -0.25) is 9.59 Å². The van der Waals surface area contributed by atoms with Gasteiger partial charge in [-0.2, -0.15) is 0 Å². The number of nitrogens with one attached hydrogen (secondary N) is 1. The number of hydrogen-bond donors (Lipinski definition) is 1. The molecule has 0 bridgehead atoms. The Morgan fingerprint density at radius 2 is 1.73 bits per heavy atom. The fourth-order valence-corrected chi connectivity index (χ4v) is 3.51. The van der Waals surface area contributed by atoms with Gasteiger partial charge in [-0.25, -0.2) is 4.79 Å². The van der Waals surface area contributed by atoms with Crippen LogP contribution in [0.3, 0.4) is 0 Å². The minimum Gasteiger partial charge on any atom is -0.469 e. The van der Waals surface area contributed by atoms with E-state index < -0.39 is 23.6 Å². The summed E-state index contributed by atoms with van der Waals surface area (Å²) in [6, 6.07) is 12.8. The van der Waals surface area contributed by atoms with Crippen LogP contribution in [0.4, 0.5) is 0 Å². The van der Waals surface area contributed by atoms with E-state index in [1.807, 2.05) is 24.3 Å².